The van der Waals surface area contributed by atoms with Crippen molar-refractivity contribution in [3.8, 4) is 0 Å². The first-order valence-corrected chi connectivity index (χ1v) is 6.19. The van der Waals surface area contributed by atoms with Crippen LogP contribution in [0.15, 0.2) is 18.6 Å². The predicted molar refractivity (Wildman–Crippen MR) is 71.8 cm³/mol. The Labute approximate surface area is 115 Å². The molecule has 0 aliphatic heterocycles. The highest BCUT2D eigenvalue weighted by molar-refractivity contribution is 6.30. The molecule has 19 heavy (non-hydrogen) atoms. The Bertz CT molecular complexity index is 576. The van der Waals surface area contributed by atoms with Crippen molar-refractivity contribution in [2.24, 2.45) is 7.05 Å². The summed E-state index contributed by atoms with van der Waals surface area (Å²) in [7, 11) is 1.72. The van der Waals surface area contributed by atoms with Crippen molar-refractivity contribution >= 4 is 23.2 Å². The molecule has 2 aromatic heterocycles. The summed E-state index contributed by atoms with van der Waals surface area (Å²) in [5.41, 5.74) is 6.30. The lowest BCUT2D eigenvalue weighted by Crippen LogP contribution is -2.26. The van der Waals surface area contributed by atoms with Crippen molar-refractivity contribution < 1.29 is 4.79 Å². The number of carbonyl (C=O) groups is 1. The third-order valence-corrected chi connectivity index (χ3v) is 2.72. The van der Waals surface area contributed by atoms with E-state index in [4.69, 9.17) is 17.3 Å². The molecule has 7 nitrogen and oxygen atoms in total. The van der Waals surface area contributed by atoms with E-state index in [2.05, 4.69) is 15.5 Å². The lowest BCUT2D eigenvalue weighted by molar-refractivity contribution is 0.0948. The van der Waals surface area contributed by atoms with Gasteiger partial charge in [0.1, 0.15) is 0 Å². The first-order valence-electron chi connectivity index (χ1n) is 5.81. The number of nitrogen functional groups attached to an aromatic ring is 1. The Hall–Kier alpha value is -2.02. The first kappa shape index (κ1) is 13.4. The lowest BCUT2D eigenvalue weighted by atomic mass is 10.3. The van der Waals surface area contributed by atoms with Crippen LogP contribution < -0.4 is 11.1 Å². The first-order chi connectivity index (χ1) is 9.06. The number of nitrogens with one attached hydrogen (secondary N) is 1. The number of anilines is 1. The fourth-order valence-electron chi connectivity index (χ4n) is 1.67. The number of nitrogens with zero attached hydrogens (tertiary/aromatic N) is 4. The number of aryl methyl sites for hydroxylation is 2. The zero-order valence-corrected chi connectivity index (χ0v) is 11.3. The van der Waals surface area contributed by atoms with Crippen molar-refractivity contribution in [3.63, 3.8) is 0 Å². The molecule has 0 unspecified atom stereocenters. The molecule has 2 rings (SSSR count). The minimum absolute atomic E-state index is 0.254. The van der Waals surface area contributed by atoms with Gasteiger partial charge in [0, 0.05) is 32.5 Å². The molecule has 102 valence electrons. The highest BCUT2D eigenvalue weighted by Gasteiger charge is 2.12. The average Bonchev–Trinajstić information content (AvgIpc) is 2.90. The van der Waals surface area contributed by atoms with Gasteiger partial charge in [-0.3, -0.25) is 14.2 Å². The second kappa shape index (κ2) is 5.75. The van der Waals surface area contributed by atoms with Crippen LogP contribution in [0.5, 0.6) is 0 Å². The van der Waals surface area contributed by atoms with Crippen LogP contribution in [0.25, 0.3) is 0 Å². The van der Waals surface area contributed by atoms with Gasteiger partial charge in [0.2, 0.25) is 0 Å². The number of carbonyl (C=O) groups excluding carboxylic acids is 1. The summed E-state index contributed by atoms with van der Waals surface area (Å²) in [4.78, 5) is 11.8. The summed E-state index contributed by atoms with van der Waals surface area (Å²) in [5, 5.41) is 11.4. The van der Waals surface area contributed by atoms with Crippen LogP contribution in [0.4, 0.5) is 5.69 Å². The Morgan fingerprint density at radius 3 is 2.89 bits per heavy atom. The number of halogens is 1. The Morgan fingerprint density at radius 1 is 1.53 bits per heavy atom. The van der Waals surface area contributed by atoms with Gasteiger partial charge in [-0.25, -0.2) is 0 Å². The summed E-state index contributed by atoms with van der Waals surface area (Å²) in [6, 6.07) is 0. The molecule has 0 saturated heterocycles. The number of amides is 1. The lowest BCUT2D eigenvalue weighted by Gasteiger charge is -2.04. The average molecular weight is 283 g/mol. The number of rotatable bonds is 5. The maximum Gasteiger partial charge on any atom is 0.273 e. The van der Waals surface area contributed by atoms with Crippen molar-refractivity contribution in [1.82, 2.24) is 24.9 Å². The molecule has 8 heteroatoms. The van der Waals surface area contributed by atoms with E-state index in [0.29, 0.717) is 23.8 Å². The third-order valence-electron chi connectivity index (χ3n) is 2.52. The number of hydrogen-bond acceptors (Lipinski definition) is 4. The van der Waals surface area contributed by atoms with Crippen molar-refractivity contribution in [2.45, 2.75) is 13.0 Å². The molecule has 0 spiro atoms. The van der Waals surface area contributed by atoms with Crippen molar-refractivity contribution in [3.05, 3.63) is 29.3 Å². The van der Waals surface area contributed by atoms with E-state index >= 15 is 0 Å². The van der Waals surface area contributed by atoms with Crippen LogP contribution >= 0.6 is 11.6 Å². The van der Waals surface area contributed by atoms with Gasteiger partial charge >= 0.3 is 0 Å². The van der Waals surface area contributed by atoms with Gasteiger partial charge in [0.25, 0.3) is 5.91 Å². The minimum atomic E-state index is -0.267. The van der Waals surface area contributed by atoms with E-state index in [1.54, 1.807) is 30.3 Å². The molecule has 3 N–H and O–H groups in total. The topological polar surface area (TPSA) is 90.8 Å². The van der Waals surface area contributed by atoms with E-state index in [1.807, 2.05) is 0 Å². The summed E-state index contributed by atoms with van der Waals surface area (Å²) >= 11 is 5.75. The molecule has 2 aromatic rings. The van der Waals surface area contributed by atoms with E-state index < -0.39 is 0 Å². The smallest absolute Gasteiger partial charge is 0.273 e. The van der Waals surface area contributed by atoms with Crippen LogP contribution in [0.3, 0.4) is 0 Å². The monoisotopic (exact) mass is 282 g/mol. The van der Waals surface area contributed by atoms with Crippen LogP contribution in [-0.4, -0.2) is 32.0 Å². The van der Waals surface area contributed by atoms with Gasteiger partial charge in [-0.05, 0) is 6.42 Å². The number of nitrogens with two attached hydrogens (primary N) is 1. The molecule has 2 heterocycles. The van der Waals surface area contributed by atoms with Gasteiger partial charge in [-0.1, -0.05) is 11.6 Å². The quantitative estimate of drug-likeness (QED) is 0.789. The summed E-state index contributed by atoms with van der Waals surface area (Å²) in [6.07, 6.45) is 5.66. The Morgan fingerprint density at radius 2 is 2.32 bits per heavy atom. The molecular weight excluding hydrogens is 268 g/mol. The highest BCUT2D eigenvalue weighted by Crippen LogP contribution is 2.07. The number of hydrogen-bond donors (Lipinski definition) is 2. The largest absolute Gasteiger partial charge is 0.396 e. The van der Waals surface area contributed by atoms with Gasteiger partial charge in [0.05, 0.1) is 16.9 Å². The molecular formula is C11H15ClN6O. The van der Waals surface area contributed by atoms with E-state index in [0.717, 1.165) is 6.42 Å². The van der Waals surface area contributed by atoms with Crippen LogP contribution in [0, 0.1) is 0 Å². The maximum atomic E-state index is 11.8. The molecule has 0 aliphatic rings. The standard InChI is InChI=1S/C11H15ClN6O/c1-17-7-9(13)10(16-17)11(19)14-3-2-4-18-6-8(12)5-15-18/h5-7H,2-4,13H2,1H3,(H,14,19). The molecule has 0 aliphatic carbocycles. The molecule has 0 radical (unpaired) electrons. The van der Waals surface area contributed by atoms with Crippen LogP contribution in [-0.2, 0) is 13.6 Å². The Kier molecular flexibility index (Phi) is 4.06. The molecule has 0 atom stereocenters. The predicted octanol–water partition coefficient (Wildman–Crippen LogP) is 0.672. The van der Waals surface area contributed by atoms with Crippen molar-refractivity contribution in [1.29, 1.82) is 0 Å². The van der Waals surface area contributed by atoms with E-state index in [-0.39, 0.29) is 11.6 Å². The molecule has 0 aromatic carbocycles. The summed E-state index contributed by atoms with van der Waals surface area (Å²) < 4.78 is 3.24. The molecule has 1 amide bonds. The van der Waals surface area contributed by atoms with Gasteiger partial charge in [0.15, 0.2) is 5.69 Å². The normalized spacial score (nSPS) is 10.6. The fraction of sp³-hybridized carbons (Fsp3) is 0.364. The second-order valence-electron chi connectivity index (χ2n) is 4.14. The summed E-state index contributed by atoms with van der Waals surface area (Å²) in [5.74, 6) is -0.267. The zero-order chi connectivity index (χ0) is 13.8. The van der Waals surface area contributed by atoms with E-state index in [9.17, 15) is 4.79 Å². The SMILES string of the molecule is Cn1cc(N)c(C(=O)NCCCn2cc(Cl)cn2)n1. The van der Waals surface area contributed by atoms with Gasteiger partial charge in [-0.15, -0.1) is 0 Å². The summed E-state index contributed by atoms with van der Waals surface area (Å²) in [6.45, 7) is 1.21. The number of aromatic nitrogens is 4. The maximum absolute atomic E-state index is 11.8. The van der Waals surface area contributed by atoms with Gasteiger partial charge < -0.3 is 11.1 Å². The van der Waals surface area contributed by atoms with Gasteiger partial charge in [-0.2, -0.15) is 10.2 Å². The molecule has 0 saturated carbocycles. The van der Waals surface area contributed by atoms with Crippen molar-refractivity contribution in [2.75, 3.05) is 12.3 Å². The second-order valence-corrected chi connectivity index (χ2v) is 4.57. The van der Waals surface area contributed by atoms with E-state index in [1.165, 1.54) is 4.68 Å². The fourth-order valence-corrected chi connectivity index (χ4v) is 1.83. The molecule has 0 bridgehead atoms. The third kappa shape index (κ3) is 3.47. The van der Waals surface area contributed by atoms with Crippen LogP contribution in [0.2, 0.25) is 5.02 Å². The zero-order valence-electron chi connectivity index (χ0n) is 10.5. The van der Waals surface area contributed by atoms with Crippen LogP contribution in [0.1, 0.15) is 16.9 Å². The minimum Gasteiger partial charge on any atom is -0.396 e. The highest BCUT2D eigenvalue weighted by atomic mass is 35.5. The Balaban J connectivity index is 1.77. The molecule has 0 fully saturated rings.